The Morgan fingerprint density at radius 2 is 2.19 bits per heavy atom. The molecule has 0 aromatic heterocycles. The van der Waals surface area contributed by atoms with E-state index < -0.39 is 0 Å². The summed E-state index contributed by atoms with van der Waals surface area (Å²) in [5.41, 5.74) is 4.37. The second-order valence-corrected chi connectivity index (χ2v) is 3.92. The van der Waals surface area contributed by atoms with Crippen LogP contribution in [0.2, 0.25) is 5.02 Å². The summed E-state index contributed by atoms with van der Waals surface area (Å²) < 4.78 is 4.61. The van der Waals surface area contributed by atoms with Crippen LogP contribution in [0.4, 0.5) is 0 Å². The molecule has 0 spiro atoms. The molecule has 1 aliphatic rings. The molecule has 1 heterocycles. The van der Waals surface area contributed by atoms with E-state index in [1.165, 1.54) is 7.11 Å². The van der Waals surface area contributed by atoms with E-state index in [-0.39, 0.29) is 12.0 Å². The summed E-state index contributed by atoms with van der Waals surface area (Å²) in [7, 11) is 1.35. The zero-order valence-corrected chi connectivity index (χ0v) is 9.49. The number of carbonyl (C=O) groups is 1. The molecule has 84 valence electrons. The Balaban J connectivity index is 2.06. The largest absolute Gasteiger partial charge is 0.464 e. The number of ether oxygens (including phenoxy) is 1. The van der Waals surface area contributed by atoms with Gasteiger partial charge in [-0.2, -0.15) is 5.10 Å². The van der Waals surface area contributed by atoms with E-state index in [4.69, 9.17) is 11.6 Å². The van der Waals surface area contributed by atoms with Gasteiger partial charge < -0.3 is 10.2 Å². The molecule has 5 heteroatoms. The molecule has 1 aromatic rings. The average Bonchev–Trinajstić information content (AvgIpc) is 2.78. The normalized spacial score (nSPS) is 18.9. The maximum Gasteiger partial charge on any atom is 0.354 e. The van der Waals surface area contributed by atoms with Gasteiger partial charge in [0, 0.05) is 11.4 Å². The lowest BCUT2D eigenvalue weighted by Gasteiger charge is -2.09. The molecule has 1 atom stereocenters. The predicted octanol–water partition coefficient (Wildman–Crippen LogP) is 1.90. The van der Waals surface area contributed by atoms with Crippen LogP contribution < -0.4 is 5.43 Å². The minimum absolute atomic E-state index is 0.0198. The highest BCUT2D eigenvalue weighted by Crippen LogP contribution is 2.23. The maximum absolute atomic E-state index is 11.2. The molecule has 16 heavy (non-hydrogen) atoms. The second kappa shape index (κ2) is 4.53. The van der Waals surface area contributed by atoms with E-state index >= 15 is 0 Å². The molecule has 0 aliphatic carbocycles. The highest BCUT2D eigenvalue weighted by atomic mass is 35.5. The molecule has 0 bridgehead atoms. The first-order chi connectivity index (χ1) is 7.70. The fourth-order valence-corrected chi connectivity index (χ4v) is 1.70. The standard InChI is InChI=1S/C11H11ClN2O2/c1-16-11(15)10-6-9(13-14-10)7-2-4-8(12)5-3-7/h2-5,9,13H,6H2,1H3. The molecule has 4 nitrogen and oxygen atoms in total. The van der Waals surface area contributed by atoms with Gasteiger partial charge >= 0.3 is 5.97 Å². The van der Waals surface area contributed by atoms with Crippen LogP contribution in [0, 0.1) is 0 Å². The summed E-state index contributed by atoms with van der Waals surface area (Å²) in [5.74, 6) is -0.385. The van der Waals surface area contributed by atoms with Crippen LogP contribution in [0.5, 0.6) is 0 Å². The van der Waals surface area contributed by atoms with Crippen molar-refractivity contribution in [2.75, 3.05) is 7.11 Å². The van der Waals surface area contributed by atoms with Gasteiger partial charge in [0.25, 0.3) is 0 Å². The Labute approximate surface area is 98.2 Å². The monoisotopic (exact) mass is 238 g/mol. The molecule has 0 saturated carbocycles. The zero-order chi connectivity index (χ0) is 11.5. The number of esters is 1. The van der Waals surface area contributed by atoms with E-state index in [1.54, 1.807) is 0 Å². The van der Waals surface area contributed by atoms with Crippen LogP contribution in [0.1, 0.15) is 18.0 Å². The van der Waals surface area contributed by atoms with Crippen molar-refractivity contribution in [3.63, 3.8) is 0 Å². The number of rotatable bonds is 2. The summed E-state index contributed by atoms with van der Waals surface area (Å²) in [6.07, 6.45) is 0.536. The number of carbonyl (C=O) groups excluding carboxylic acids is 1. The van der Waals surface area contributed by atoms with Crippen LogP contribution in [0.25, 0.3) is 0 Å². The Hall–Kier alpha value is -1.55. The SMILES string of the molecule is COC(=O)C1=NNC(c2ccc(Cl)cc2)C1. The van der Waals surface area contributed by atoms with Gasteiger partial charge in [-0.3, -0.25) is 0 Å². The topological polar surface area (TPSA) is 50.7 Å². The fourth-order valence-electron chi connectivity index (χ4n) is 1.57. The Kier molecular flexibility index (Phi) is 3.10. The van der Waals surface area contributed by atoms with Gasteiger partial charge in [0.2, 0.25) is 0 Å². The van der Waals surface area contributed by atoms with Crippen LogP contribution in [0.3, 0.4) is 0 Å². The minimum Gasteiger partial charge on any atom is -0.464 e. The van der Waals surface area contributed by atoms with Gasteiger partial charge in [0.05, 0.1) is 13.2 Å². The molecule has 0 radical (unpaired) electrons. The second-order valence-electron chi connectivity index (χ2n) is 3.49. The van der Waals surface area contributed by atoms with Crippen molar-refractivity contribution in [1.82, 2.24) is 5.43 Å². The summed E-state index contributed by atoms with van der Waals surface area (Å²) in [6.45, 7) is 0. The van der Waals surface area contributed by atoms with Crippen molar-refractivity contribution in [1.29, 1.82) is 0 Å². The lowest BCUT2D eigenvalue weighted by Crippen LogP contribution is -2.14. The minimum atomic E-state index is -0.385. The number of benzene rings is 1. The number of halogens is 1. The third-order valence-electron chi connectivity index (χ3n) is 2.45. The molecule has 1 aromatic carbocycles. The molecular formula is C11H11ClN2O2. The lowest BCUT2D eigenvalue weighted by atomic mass is 10.0. The number of hydrazone groups is 1. The van der Waals surface area contributed by atoms with E-state index in [2.05, 4.69) is 15.3 Å². The van der Waals surface area contributed by atoms with E-state index in [9.17, 15) is 4.79 Å². The molecule has 1 unspecified atom stereocenters. The first-order valence-corrected chi connectivity index (χ1v) is 5.24. The quantitative estimate of drug-likeness (QED) is 0.801. The van der Waals surface area contributed by atoms with Gasteiger partial charge in [0.1, 0.15) is 5.71 Å². The number of nitrogens with one attached hydrogen (secondary N) is 1. The van der Waals surface area contributed by atoms with Crippen LogP contribution in [0.15, 0.2) is 29.4 Å². The summed E-state index contributed by atoms with van der Waals surface area (Å²) in [6, 6.07) is 7.47. The van der Waals surface area contributed by atoms with Crippen LogP contribution >= 0.6 is 11.6 Å². The summed E-state index contributed by atoms with van der Waals surface area (Å²) in [4.78, 5) is 11.2. The van der Waals surface area contributed by atoms with Gasteiger partial charge in [-0.25, -0.2) is 4.79 Å². The van der Waals surface area contributed by atoms with E-state index in [0.29, 0.717) is 17.2 Å². The first-order valence-electron chi connectivity index (χ1n) is 4.86. The van der Waals surface area contributed by atoms with Gasteiger partial charge in [-0.1, -0.05) is 23.7 Å². The smallest absolute Gasteiger partial charge is 0.354 e. The molecule has 0 amide bonds. The Bertz CT molecular complexity index is 428. The van der Waals surface area contributed by atoms with Crippen LogP contribution in [-0.2, 0) is 9.53 Å². The van der Waals surface area contributed by atoms with Crippen molar-refractivity contribution in [3.8, 4) is 0 Å². The molecule has 2 rings (SSSR count). The highest BCUT2D eigenvalue weighted by molar-refractivity contribution is 6.36. The van der Waals surface area contributed by atoms with Gasteiger partial charge in [-0.05, 0) is 17.7 Å². The molecule has 0 fully saturated rings. The fraction of sp³-hybridized carbons (Fsp3) is 0.273. The van der Waals surface area contributed by atoms with Crippen molar-refractivity contribution >= 4 is 23.3 Å². The maximum atomic E-state index is 11.2. The van der Waals surface area contributed by atoms with Crippen molar-refractivity contribution in [3.05, 3.63) is 34.9 Å². The highest BCUT2D eigenvalue weighted by Gasteiger charge is 2.25. The Morgan fingerprint density at radius 3 is 2.81 bits per heavy atom. The van der Waals surface area contributed by atoms with Crippen molar-refractivity contribution in [2.45, 2.75) is 12.5 Å². The number of hydrogen-bond donors (Lipinski definition) is 1. The zero-order valence-electron chi connectivity index (χ0n) is 8.74. The summed E-state index contributed by atoms with van der Waals surface area (Å²) >= 11 is 5.80. The first kappa shape index (κ1) is 11.0. The van der Waals surface area contributed by atoms with Crippen molar-refractivity contribution < 1.29 is 9.53 Å². The number of nitrogens with zero attached hydrogens (tertiary/aromatic N) is 1. The average molecular weight is 239 g/mol. The van der Waals surface area contributed by atoms with Crippen molar-refractivity contribution in [2.24, 2.45) is 5.10 Å². The molecule has 1 aliphatic heterocycles. The molecular weight excluding hydrogens is 228 g/mol. The third kappa shape index (κ3) is 2.17. The lowest BCUT2D eigenvalue weighted by molar-refractivity contribution is -0.132. The summed E-state index contributed by atoms with van der Waals surface area (Å²) in [5, 5.41) is 4.64. The predicted molar refractivity (Wildman–Crippen MR) is 61.4 cm³/mol. The Morgan fingerprint density at radius 1 is 1.50 bits per heavy atom. The molecule has 1 N–H and O–H groups in total. The third-order valence-corrected chi connectivity index (χ3v) is 2.70. The van der Waals surface area contributed by atoms with E-state index in [1.807, 2.05) is 24.3 Å². The van der Waals surface area contributed by atoms with Gasteiger partial charge in [0.15, 0.2) is 0 Å². The van der Waals surface area contributed by atoms with Crippen LogP contribution in [-0.4, -0.2) is 18.8 Å². The number of hydrogen-bond acceptors (Lipinski definition) is 4. The molecule has 0 saturated heterocycles. The van der Waals surface area contributed by atoms with Gasteiger partial charge in [-0.15, -0.1) is 0 Å². The van der Waals surface area contributed by atoms with E-state index in [0.717, 1.165) is 5.56 Å². The number of methoxy groups -OCH3 is 1.